The maximum atomic E-state index is 13.0. The number of sulfone groups is 1. The molecule has 0 radical (unpaired) electrons. The molecule has 0 bridgehead atoms. The number of nitrogens with one attached hydrogen (secondary N) is 2. The summed E-state index contributed by atoms with van der Waals surface area (Å²) >= 11 is 6.32. The van der Waals surface area contributed by atoms with Gasteiger partial charge in [-0.3, -0.25) is 4.79 Å². The zero-order valence-electron chi connectivity index (χ0n) is 18.2. The molecule has 1 atom stereocenters. The van der Waals surface area contributed by atoms with E-state index in [1.54, 1.807) is 30.3 Å². The monoisotopic (exact) mass is 472 g/mol. The van der Waals surface area contributed by atoms with Crippen LogP contribution in [0.5, 0.6) is 5.75 Å². The first-order valence-electron chi connectivity index (χ1n) is 9.97. The third-order valence-electron chi connectivity index (χ3n) is 5.28. The van der Waals surface area contributed by atoms with Gasteiger partial charge < -0.3 is 15.7 Å². The summed E-state index contributed by atoms with van der Waals surface area (Å²) in [5.74, 6) is -0.643. The van der Waals surface area contributed by atoms with E-state index in [1.807, 2.05) is 32.9 Å². The summed E-state index contributed by atoms with van der Waals surface area (Å²) in [5.41, 5.74) is 3.69. The molecule has 6 nitrogen and oxygen atoms in total. The summed E-state index contributed by atoms with van der Waals surface area (Å²) in [4.78, 5) is 12.6. The van der Waals surface area contributed by atoms with Crippen LogP contribution in [0.15, 0.2) is 59.5 Å². The molecule has 0 heterocycles. The third kappa shape index (κ3) is 5.06. The lowest BCUT2D eigenvalue weighted by Gasteiger charge is -2.19. The van der Waals surface area contributed by atoms with Gasteiger partial charge in [-0.25, -0.2) is 8.42 Å². The minimum atomic E-state index is -3.70. The topological polar surface area (TPSA) is 95.5 Å². The van der Waals surface area contributed by atoms with Gasteiger partial charge in [0.2, 0.25) is 0 Å². The number of rotatable bonds is 6. The van der Waals surface area contributed by atoms with E-state index in [1.165, 1.54) is 19.1 Å². The van der Waals surface area contributed by atoms with Crippen molar-refractivity contribution in [3.63, 3.8) is 0 Å². The Balaban J connectivity index is 1.80. The fraction of sp³-hybridized carbons (Fsp3) is 0.208. The van der Waals surface area contributed by atoms with Crippen LogP contribution in [-0.2, 0) is 9.84 Å². The molecule has 0 aliphatic heterocycles. The summed E-state index contributed by atoms with van der Waals surface area (Å²) in [6.45, 7) is 7.19. The van der Waals surface area contributed by atoms with Crippen molar-refractivity contribution in [1.82, 2.24) is 0 Å². The predicted molar refractivity (Wildman–Crippen MR) is 128 cm³/mol. The van der Waals surface area contributed by atoms with Crippen LogP contribution in [0.1, 0.15) is 34.0 Å². The van der Waals surface area contributed by atoms with Crippen molar-refractivity contribution in [3.8, 4) is 5.75 Å². The SMILES string of the molecule is Cc1ccc(C(=O)Nc2cc(Cl)c(NC(C)S(=O)(=O)c3ccc(C)c(C)c3)cc2O)cc1. The van der Waals surface area contributed by atoms with Crippen molar-refractivity contribution in [3.05, 3.63) is 81.9 Å². The Bertz CT molecular complexity index is 1270. The van der Waals surface area contributed by atoms with E-state index in [0.29, 0.717) is 5.56 Å². The van der Waals surface area contributed by atoms with Crippen LogP contribution in [0.2, 0.25) is 5.02 Å². The van der Waals surface area contributed by atoms with E-state index < -0.39 is 21.1 Å². The highest BCUT2D eigenvalue weighted by atomic mass is 35.5. The molecule has 0 saturated carbocycles. The summed E-state index contributed by atoms with van der Waals surface area (Å²) in [6.07, 6.45) is 0. The standard InChI is InChI=1S/C24H25ClN2O4S/c1-14-5-8-18(9-6-14)24(29)27-22-12-20(25)21(13-23(22)28)26-17(4)32(30,31)19-10-7-15(2)16(3)11-19/h5-13,17,26,28H,1-4H3,(H,27,29). The second-order valence-electron chi connectivity index (χ2n) is 7.75. The van der Waals surface area contributed by atoms with Crippen LogP contribution in [0, 0.1) is 20.8 Å². The molecular formula is C24H25ClN2O4S. The number of carbonyl (C=O) groups is 1. The van der Waals surface area contributed by atoms with Crippen molar-refractivity contribution < 1.29 is 18.3 Å². The molecule has 0 aromatic heterocycles. The zero-order valence-corrected chi connectivity index (χ0v) is 19.8. The molecular weight excluding hydrogens is 448 g/mol. The first kappa shape index (κ1) is 23.6. The lowest BCUT2D eigenvalue weighted by atomic mass is 10.1. The number of hydrogen-bond acceptors (Lipinski definition) is 5. The van der Waals surface area contributed by atoms with Gasteiger partial charge in [-0.05, 0) is 69.2 Å². The van der Waals surface area contributed by atoms with Gasteiger partial charge in [0.1, 0.15) is 11.1 Å². The first-order valence-corrected chi connectivity index (χ1v) is 11.9. The summed E-state index contributed by atoms with van der Waals surface area (Å²) < 4.78 is 25.9. The van der Waals surface area contributed by atoms with Crippen molar-refractivity contribution in [2.24, 2.45) is 0 Å². The Morgan fingerprint density at radius 3 is 2.22 bits per heavy atom. The number of halogens is 1. The Hall–Kier alpha value is -3.03. The molecule has 1 amide bonds. The Morgan fingerprint density at radius 2 is 1.59 bits per heavy atom. The molecule has 0 aliphatic rings. The molecule has 8 heteroatoms. The van der Waals surface area contributed by atoms with E-state index >= 15 is 0 Å². The summed E-state index contributed by atoms with van der Waals surface area (Å²) in [6, 6.07) is 14.6. The molecule has 3 N–H and O–H groups in total. The van der Waals surface area contributed by atoms with E-state index in [9.17, 15) is 18.3 Å². The highest BCUT2D eigenvalue weighted by molar-refractivity contribution is 7.92. The van der Waals surface area contributed by atoms with Gasteiger partial charge in [0.15, 0.2) is 9.84 Å². The molecule has 0 aliphatic carbocycles. The minimum absolute atomic E-state index is 0.121. The van der Waals surface area contributed by atoms with Crippen LogP contribution in [0.25, 0.3) is 0 Å². The molecule has 3 aromatic rings. The van der Waals surface area contributed by atoms with E-state index in [4.69, 9.17) is 11.6 Å². The predicted octanol–water partition coefficient (Wildman–Crippen LogP) is 5.45. The normalized spacial score (nSPS) is 12.3. The Morgan fingerprint density at radius 1 is 0.938 bits per heavy atom. The maximum absolute atomic E-state index is 13.0. The Kier molecular flexibility index (Phi) is 6.81. The second-order valence-corrected chi connectivity index (χ2v) is 10.4. The van der Waals surface area contributed by atoms with E-state index in [-0.39, 0.29) is 27.0 Å². The number of phenolic OH excluding ortho intramolecular Hbond substituents is 1. The van der Waals surface area contributed by atoms with Gasteiger partial charge in [-0.15, -0.1) is 0 Å². The number of benzene rings is 3. The molecule has 168 valence electrons. The number of amides is 1. The quantitative estimate of drug-likeness (QED) is 0.414. The molecule has 0 saturated heterocycles. The van der Waals surface area contributed by atoms with Crippen molar-refractivity contribution in [2.75, 3.05) is 10.6 Å². The Labute approximate surface area is 193 Å². The molecule has 0 spiro atoms. The number of phenols is 1. The van der Waals surface area contributed by atoms with Gasteiger partial charge in [0.05, 0.1) is 21.3 Å². The molecule has 1 unspecified atom stereocenters. The average Bonchev–Trinajstić information content (AvgIpc) is 2.73. The highest BCUT2D eigenvalue weighted by Gasteiger charge is 2.25. The first-order chi connectivity index (χ1) is 15.0. The zero-order chi connectivity index (χ0) is 23.6. The van der Waals surface area contributed by atoms with Crippen molar-refractivity contribution in [1.29, 1.82) is 0 Å². The maximum Gasteiger partial charge on any atom is 0.255 e. The van der Waals surface area contributed by atoms with Crippen LogP contribution in [-0.4, -0.2) is 24.8 Å². The third-order valence-corrected chi connectivity index (χ3v) is 7.55. The van der Waals surface area contributed by atoms with Gasteiger partial charge >= 0.3 is 0 Å². The largest absolute Gasteiger partial charge is 0.506 e. The second kappa shape index (κ2) is 9.22. The van der Waals surface area contributed by atoms with Gasteiger partial charge in [-0.2, -0.15) is 0 Å². The number of carbonyl (C=O) groups excluding carboxylic acids is 1. The fourth-order valence-electron chi connectivity index (χ4n) is 3.06. The van der Waals surface area contributed by atoms with Crippen LogP contribution in [0.3, 0.4) is 0 Å². The van der Waals surface area contributed by atoms with E-state index in [2.05, 4.69) is 10.6 Å². The van der Waals surface area contributed by atoms with Crippen molar-refractivity contribution >= 4 is 38.7 Å². The smallest absolute Gasteiger partial charge is 0.255 e. The molecule has 3 rings (SSSR count). The number of anilines is 2. The highest BCUT2D eigenvalue weighted by Crippen LogP contribution is 2.35. The molecule has 3 aromatic carbocycles. The number of hydrogen-bond donors (Lipinski definition) is 3. The minimum Gasteiger partial charge on any atom is -0.506 e. The van der Waals surface area contributed by atoms with Gasteiger partial charge in [0, 0.05) is 11.6 Å². The lowest BCUT2D eigenvalue weighted by molar-refractivity contribution is 0.102. The fourth-order valence-corrected chi connectivity index (χ4v) is 4.57. The number of aromatic hydroxyl groups is 1. The van der Waals surface area contributed by atoms with Crippen molar-refractivity contribution in [2.45, 2.75) is 38.0 Å². The van der Waals surface area contributed by atoms with Crippen LogP contribution in [0.4, 0.5) is 11.4 Å². The summed E-state index contributed by atoms with van der Waals surface area (Å²) in [7, 11) is -3.70. The number of aryl methyl sites for hydroxylation is 3. The van der Waals surface area contributed by atoms with Crippen LogP contribution < -0.4 is 10.6 Å². The average molecular weight is 473 g/mol. The van der Waals surface area contributed by atoms with E-state index in [0.717, 1.165) is 16.7 Å². The van der Waals surface area contributed by atoms with Gasteiger partial charge in [-0.1, -0.05) is 35.4 Å². The van der Waals surface area contributed by atoms with Crippen LogP contribution >= 0.6 is 11.6 Å². The molecule has 32 heavy (non-hydrogen) atoms. The molecule has 0 fully saturated rings. The summed E-state index contributed by atoms with van der Waals surface area (Å²) in [5, 5.41) is 15.0. The van der Waals surface area contributed by atoms with Gasteiger partial charge in [0.25, 0.3) is 5.91 Å². The lowest BCUT2D eigenvalue weighted by Crippen LogP contribution is -2.26.